The zero-order valence-electron chi connectivity index (χ0n) is 10.9. The van der Waals surface area contributed by atoms with E-state index in [-0.39, 0.29) is 16.3 Å². The van der Waals surface area contributed by atoms with E-state index in [0.29, 0.717) is 11.3 Å². The number of rotatable bonds is 4. The van der Waals surface area contributed by atoms with E-state index in [9.17, 15) is 18.5 Å². The van der Waals surface area contributed by atoms with Crippen LogP contribution < -0.4 is 4.74 Å². The second-order valence-electron chi connectivity index (χ2n) is 4.26. The standard InChI is InChI=1S/C13H11NO6S/c1-9-2-5-12(8-13(9)21(17,18)19)20-11-6-3-10(4-7-11)14(15)16/h2-8H,1H3,(H,17,18,19). The summed E-state index contributed by atoms with van der Waals surface area (Å²) < 4.78 is 36.9. The first-order valence-electron chi connectivity index (χ1n) is 5.78. The number of non-ortho nitro benzene ring substituents is 1. The maximum absolute atomic E-state index is 11.2. The second-order valence-corrected chi connectivity index (χ2v) is 5.65. The maximum atomic E-state index is 11.2. The predicted octanol–water partition coefficient (Wildman–Crippen LogP) is 2.94. The van der Waals surface area contributed by atoms with Gasteiger partial charge in [-0.25, -0.2) is 0 Å². The molecule has 110 valence electrons. The molecule has 0 amide bonds. The van der Waals surface area contributed by atoms with Gasteiger partial charge in [0.05, 0.1) is 4.92 Å². The molecular formula is C13H11NO6S. The number of hydrogen-bond donors (Lipinski definition) is 1. The Morgan fingerprint density at radius 2 is 1.67 bits per heavy atom. The van der Waals surface area contributed by atoms with Crippen LogP contribution in [0.1, 0.15) is 5.56 Å². The number of nitrogens with zero attached hydrogens (tertiary/aromatic N) is 1. The van der Waals surface area contributed by atoms with Crippen molar-refractivity contribution >= 4 is 15.8 Å². The molecule has 2 aromatic carbocycles. The minimum Gasteiger partial charge on any atom is -0.457 e. The molecule has 0 aliphatic carbocycles. The molecule has 0 bridgehead atoms. The van der Waals surface area contributed by atoms with Crippen molar-refractivity contribution in [3.05, 3.63) is 58.1 Å². The van der Waals surface area contributed by atoms with Crippen LogP contribution in [0.15, 0.2) is 47.4 Å². The van der Waals surface area contributed by atoms with E-state index in [1.807, 2.05) is 0 Å². The topological polar surface area (TPSA) is 107 Å². The molecule has 0 fully saturated rings. The number of nitro groups is 1. The largest absolute Gasteiger partial charge is 0.457 e. The van der Waals surface area contributed by atoms with Crippen molar-refractivity contribution in [3.63, 3.8) is 0 Å². The first-order chi connectivity index (χ1) is 9.77. The van der Waals surface area contributed by atoms with Gasteiger partial charge in [-0.05, 0) is 30.7 Å². The van der Waals surface area contributed by atoms with Crippen molar-refractivity contribution in [2.45, 2.75) is 11.8 Å². The van der Waals surface area contributed by atoms with E-state index < -0.39 is 15.0 Å². The Labute approximate surface area is 120 Å². The van der Waals surface area contributed by atoms with Crippen LogP contribution in [0, 0.1) is 17.0 Å². The van der Waals surface area contributed by atoms with Crippen LogP contribution in [0.5, 0.6) is 11.5 Å². The second kappa shape index (κ2) is 5.51. The Morgan fingerprint density at radius 1 is 1.10 bits per heavy atom. The number of aryl methyl sites for hydroxylation is 1. The highest BCUT2D eigenvalue weighted by Crippen LogP contribution is 2.27. The quantitative estimate of drug-likeness (QED) is 0.528. The zero-order valence-corrected chi connectivity index (χ0v) is 11.7. The summed E-state index contributed by atoms with van der Waals surface area (Å²) in [5.41, 5.74) is 0.304. The summed E-state index contributed by atoms with van der Waals surface area (Å²) >= 11 is 0. The van der Waals surface area contributed by atoms with Gasteiger partial charge in [0.15, 0.2) is 0 Å². The molecule has 8 heteroatoms. The molecule has 0 aliphatic rings. The van der Waals surface area contributed by atoms with Crippen molar-refractivity contribution in [1.29, 1.82) is 0 Å². The fraction of sp³-hybridized carbons (Fsp3) is 0.0769. The molecule has 0 saturated carbocycles. The van der Waals surface area contributed by atoms with Gasteiger partial charge in [-0.2, -0.15) is 8.42 Å². The Balaban J connectivity index is 2.30. The first-order valence-corrected chi connectivity index (χ1v) is 7.22. The Morgan fingerprint density at radius 3 is 2.19 bits per heavy atom. The highest BCUT2D eigenvalue weighted by Gasteiger charge is 2.14. The third-order valence-electron chi connectivity index (χ3n) is 2.72. The third kappa shape index (κ3) is 3.56. The van der Waals surface area contributed by atoms with Gasteiger partial charge in [0.1, 0.15) is 16.4 Å². The summed E-state index contributed by atoms with van der Waals surface area (Å²) in [5, 5.41) is 10.5. The molecule has 21 heavy (non-hydrogen) atoms. The van der Waals surface area contributed by atoms with Gasteiger partial charge >= 0.3 is 0 Å². The predicted molar refractivity (Wildman–Crippen MR) is 74.2 cm³/mol. The van der Waals surface area contributed by atoms with Gasteiger partial charge in [-0.1, -0.05) is 6.07 Å². The Kier molecular flexibility index (Phi) is 3.92. The van der Waals surface area contributed by atoms with Gasteiger partial charge in [0, 0.05) is 18.2 Å². The molecule has 0 aliphatic heterocycles. The molecule has 1 N–H and O–H groups in total. The van der Waals surface area contributed by atoms with Crippen LogP contribution in [0.4, 0.5) is 5.69 Å². The zero-order chi connectivity index (χ0) is 15.6. The van der Waals surface area contributed by atoms with Crippen molar-refractivity contribution in [2.24, 2.45) is 0 Å². The SMILES string of the molecule is Cc1ccc(Oc2ccc([N+](=O)[O-])cc2)cc1S(=O)(=O)O. The van der Waals surface area contributed by atoms with E-state index in [1.165, 1.54) is 42.5 Å². The maximum Gasteiger partial charge on any atom is 0.294 e. The van der Waals surface area contributed by atoms with Gasteiger partial charge in [0.25, 0.3) is 15.8 Å². The summed E-state index contributed by atoms with van der Waals surface area (Å²) in [4.78, 5) is 9.75. The lowest BCUT2D eigenvalue weighted by Crippen LogP contribution is -2.01. The number of benzene rings is 2. The van der Waals surface area contributed by atoms with Crippen molar-refractivity contribution < 1.29 is 22.6 Å². The number of nitro benzene ring substituents is 1. The molecule has 0 saturated heterocycles. The van der Waals surface area contributed by atoms with Crippen molar-refractivity contribution in [3.8, 4) is 11.5 Å². The number of ether oxygens (including phenoxy) is 1. The molecule has 0 radical (unpaired) electrons. The highest BCUT2D eigenvalue weighted by molar-refractivity contribution is 7.85. The van der Waals surface area contributed by atoms with Crippen LogP contribution in [0.2, 0.25) is 0 Å². The Hall–Kier alpha value is -2.45. The van der Waals surface area contributed by atoms with Crippen LogP contribution in [-0.2, 0) is 10.1 Å². The molecule has 0 aromatic heterocycles. The summed E-state index contributed by atoms with van der Waals surface area (Å²) in [6, 6.07) is 9.54. The van der Waals surface area contributed by atoms with Crippen molar-refractivity contribution in [1.82, 2.24) is 0 Å². The molecule has 0 heterocycles. The summed E-state index contributed by atoms with van der Waals surface area (Å²) in [5.74, 6) is 0.507. The average Bonchev–Trinajstić information content (AvgIpc) is 2.40. The fourth-order valence-corrected chi connectivity index (χ4v) is 2.43. The molecule has 0 atom stereocenters. The van der Waals surface area contributed by atoms with E-state index in [2.05, 4.69) is 0 Å². The molecule has 2 rings (SSSR count). The van der Waals surface area contributed by atoms with Gasteiger partial charge in [0.2, 0.25) is 0 Å². The first kappa shape index (κ1) is 14.9. The van der Waals surface area contributed by atoms with E-state index in [4.69, 9.17) is 9.29 Å². The molecular weight excluding hydrogens is 298 g/mol. The van der Waals surface area contributed by atoms with E-state index in [1.54, 1.807) is 6.92 Å². The molecule has 7 nitrogen and oxygen atoms in total. The minimum atomic E-state index is -4.34. The summed E-state index contributed by atoms with van der Waals surface area (Å²) in [7, 11) is -4.34. The average molecular weight is 309 g/mol. The lowest BCUT2D eigenvalue weighted by atomic mass is 10.2. The normalized spacial score (nSPS) is 11.1. The monoisotopic (exact) mass is 309 g/mol. The molecule has 0 unspecified atom stereocenters. The number of hydrogen-bond acceptors (Lipinski definition) is 5. The minimum absolute atomic E-state index is 0.0788. The van der Waals surface area contributed by atoms with Crippen LogP contribution in [0.3, 0.4) is 0 Å². The van der Waals surface area contributed by atoms with Gasteiger partial charge in [-0.3, -0.25) is 14.7 Å². The van der Waals surface area contributed by atoms with Crippen LogP contribution >= 0.6 is 0 Å². The lowest BCUT2D eigenvalue weighted by Gasteiger charge is -2.08. The summed E-state index contributed by atoms with van der Waals surface area (Å²) in [6.45, 7) is 1.54. The smallest absolute Gasteiger partial charge is 0.294 e. The van der Waals surface area contributed by atoms with E-state index in [0.717, 1.165) is 0 Å². The van der Waals surface area contributed by atoms with Gasteiger partial charge < -0.3 is 4.74 Å². The van der Waals surface area contributed by atoms with E-state index >= 15 is 0 Å². The Bertz CT molecular complexity index is 783. The third-order valence-corrected chi connectivity index (χ3v) is 3.72. The fourth-order valence-electron chi connectivity index (χ4n) is 1.69. The van der Waals surface area contributed by atoms with Gasteiger partial charge in [-0.15, -0.1) is 0 Å². The van der Waals surface area contributed by atoms with Crippen molar-refractivity contribution in [2.75, 3.05) is 0 Å². The summed E-state index contributed by atoms with van der Waals surface area (Å²) in [6.07, 6.45) is 0. The van der Waals surface area contributed by atoms with Crippen LogP contribution in [-0.4, -0.2) is 17.9 Å². The molecule has 0 spiro atoms. The van der Waals surface area contributed by atoms with Crippen LogP contribution in [0.25, 0.3) is 0 Å². The molecule has 2 aromatic rings. The highest BCUT2D eigenvalue weighted by atomic mass is 32.2. The lowest BCUT2D eigenvalue weighted by molar-refractivity contribution is -0.384.